The van der Waals surface area contributed by atoms with Gasteiger partial charge in [0.1, 0.15) is 17.4 Å². The van der Waals surface area contributed by atoms with Crippen LogP contribution in [-0.2, 0) is 4.74 Å². The number of methoxy groups -OCH3 is 1. The van der Waals surface area contributed by atoms with Gasteiger partial charge in [-0.1, -0.05) is 12.1 Å². The number of nitrogens with one attached hydrogen (secondary N) is 1. The third-order valence-corrected chi connectivity index (χ3v) is 3.19. The number of esters is 1. The summed E-state index contributed by atoms with van der Waals surface area (Å²) in [5, 5.41) is 2.78. The molecule has 114 valence electrons. The molecule has 0 saturated heterocycles. The fraction of sp³-hybridized carbons (Fsp3) is 0.286. The zero-order valence-electron chi connectivity index (χ0n) is 12.3. The number of carbonyl (C=O) groups is 1. The van der Waals surface area contributed by atoms with Crippen molar-refractivity contribution in [3.8, 4) is 17.8 Å². The lowest BCUT2D eigenvalue weighted by atomic mass is 10.1. The SMILES string of the molecule is CNc1nc(OC)nc(Oc2cccc3c2C(=O)OC3C)n1. The molecule has 0 saturated carbocycles. The van der Waals surface area contributed by atoms with Gasteiger partial charge in [0.2, 0.25) is 5.95 Å². The summed E-state index contributed by atoms with van der Waals surface area (Å²) >= 11 is 0. The van der Waals surface area contributed by atoms with E-state index in [0.717, 1.165) is 5.56 Å². The van der Waals surface area contributed by atoms with Crippen LogP contribution in [0.5, 0.6) is 17.8 Å². The number of anilines is 1. The van der Waals surface area contributed by atoms with E-state index in [2.05, 4.69) is 20.3 Å². The molecular weight excluding hydrogens is 288 g/mol. The predicted molar refractivity (Wildman–Crippen MR) is 76.3 cm³/mol. The van der Waals surface area contributed by atoms with Gasteiger partial charge < -0.3 is 19.5 Å². The van der Waals surface area contributed by atoms with Crippen molar-refractivity contribution < 1.29 is 19.0 Å². The Kier molecular flexibility index (Phi) is 3.50. The van der Waals surface area contributed by atoms with Crippen molar-refractivity contribution >= 4 is 11.9 Å². The van der Waals surface area contributed by atoms with Crippen LogP contribution < -0.4 is 14.8 Å². The van der Waals surface area contributed by atoms with E-state index >= 15 is 0 Å². The highest BCUT2D eigenvalue weighted by Crippen LogP contribution is 2.37. The molecule has 1 aromatic carbocycles. The molecular formula is C14H14N4O4. The van der Waals surface area contributed by atoms with Gasteiger partial charge in [-0.25, -0.2) is 4.79 Å². The van der Waals surface area contributed by atoms with Crippen molar-refractivity contribution in [1.29, 1.82) is 0 Å². The molecule has 0 amide bonds. The third-order valence-electron chi connectivity index (χ3n) is 3.19. The van der Waals surface area contributed by atoms with Gasteiger partial charge in [0.25, 0.3) is 0 Å². The second-order valence-electron chi connectivity index (χ2n) is 4.55. The van der Waals surface area contributed by atoms with E-state index in [1.807, 2.05) is 6.07 Å². The van der Waals surface area contributed by atoms with Crippen LogP contribution in [0.4, 0.5) is 5.95 Å². The van der Waals surface area contributed by atoms with Crippen molar-refractivity contribution in [3.63, 3.8) is 0 Å². The van der Waals surface area contributed by atoms with E-state index in [1.165, 1.54) is 7.11 Å². The molecule has 0 fully saturated rings. The number of benzene rings is 1. The molecule has 2 aromatic rings. The zero-order valence-corrected chi connectivity index (χ0v) is 12.3. The van der Waals surface area contributed by atoms with Crippen LogP contribution in [0, 0.1) is 0 Å². The first-order valence-corrected chi connectivity index (χ1v) is 6.62. The Labute approximate surface area is 126 Å². The van der Waals surface area contributed by atoms with Crippen molar-refractivity contribution in [3.05, 3.63) is 29.3 Å². The molecule has 0 spiro atoms. The molecule has 2 heterocycles. The molecule has 8 nitrogen and oxygen atoms in total. The van der Waals surface area contributed by atoms with E-state index in [4.69, 9.17) is 14.2 Å². The first-order chi connectivity index (χ1) is 10.6. The molecule has 0 aliphatic carbocycles. The maximum Gasteiger partial charge on any atom is 0.342 e. The Hall–Kier alpha value is -2.90. The average molecular weight is 302 g/mol. The van der Waals surface area contributed by atoms with Crippen molar-refractivity contribution in [2.24, 2.45) is 0 Å². The third kappa shape index (κ3) is 2.39. The summed E-state index contributed by atoms with van der Waals surface area (Å²) in [5.74, 6) is 0.209. The van der Waals surface area contributed by atoms with Gasteiger partial charge in [0.05, 0.1) is 7.11 Å². The van der Waals surface area contributed by atoms with E-state index in [9.17, 15) is 4.79 Å². The van der Waals surface area contributed by atoms with E-state index in [1.54, 1.807) is 26.1 Å². The quantitative estimate of drug-likeness (QED) is 0.856. The Morgan fingerprint density at radius 1 is 1.23 bits per heavy atom. The molecule has 22 heavy (non-hydrogen) atoms. The van der Waals surface area contributed by atoms with Crippen molar-refractivity contribution in [2.75, 3.05) is 19.5 Å². The van der Waals surface area contributed by atoms with Gasteiger partial charge in [-0.2, -0.15) is 9.97 Å². The highest BCUT2D eigenvalue weighted by Gasteiger charge is 2.31. The molecule has 1 unspecified atom stereocenters. The molecule has 3 rings (SSSR count). The molecule has 0 radical (unpaired) electrons. The standard InChI is InChI=1S/C14H14N4O4/c1-7-8-5-4-6-9(10(8)11(19)21-7)22-14-17-12(15-2)16-13(18-14)20-3/h4-7H,1-3H3,(H,15,16,17,18). The molecule has 1 aliphatic heterocycles. The maximum absolute atomic E-state index is 11.9. The van der Waals surface area contributed by atoms with Crippen LogP contribution >= 0.6 is 0 Å². The van der Waals surface area contributed by atoms with Gasteiger partial charge in [-0.05, 0) is 13.0 Å². The van der Waals surface area contributed by atoms with Crippen molar-refractivity contribution in [1.82, 2.24) is 15.0 Å². The number of carbonyl (C=O) groups excluding carboxylic acids is 1. The minimum Gasteiger partial charge on any atom is -0.467 e. The number of nitrogens with zero attached hydrogens (tertiary/aromatic N) is 3. The highest BCUT2D eigenvalue weighted by atomic mass is 16.6. The average Bonchev–Trinajstić information content (AvgIpc) is 2.82. The summed E-state index contributed by atoms with van der Waals surface area (Å²) in [6.45, 7) is 1.80. The number of hydrogen-bond donors (Lipinski definition) is 1. The van der Waals surface area contributed by atoms with E-state index in [-0.39, 0.29) is 18.1 Å². The Morgan fingerprint density at radius 2 is 2.00 bits per heavy atom. The first kappa shape index (κ1) is 14.1. The Morgan fingerprint density at radius 3 is 2.73 bits per heavy atom. The lowest BCUT2D eigenvalue weighted by Gasteiger charge is -2.09. The highest BCUT2D eigenvalue weighted by molar-refractivity contribution is 5.97. The summed E-state index contributed by atoms with van der Waals surface area (Å²) in [7, 11) is 3.11. The van der Waals surface area contributed by atoms with E-state index in [0.29, 0.717) is 17.3 Å². The summed E-state index contributed by atoms with van der Waals surface area (Å²) in [6, 6.07) is 5.40. The number of cyclic esters (lactones) is 1. The fourth-order valence-corrected chi connectivity index (χ4v) is 2.16. The van der Waals surface area contributed by atoms with Crippen LogP contribution in [0.1, 0.15) is 28.9 Å². The first-order valence-electron chi connectivity index (χ1n) is 6.62. The second-order valence-corrected chi connectivity index (χ2v) is 4.55. The van der Waals surface area contributed by atoms with Crippen LogP contribution in [0.2, 0.25) is 0 Å². The molecule has 0 bridgehead atoms. The largest absolute Gasteiger partial charge is 0.467 e. The topological polar surface area (TPSA) is 95.5 Å². The van der Waals surface area contributed by atoms with Crippen LogP contribution in [0.25, 0.3) is 0 Å². The van der Waals surface area contributed by atoms with E-state index < -0.39 is 5.97 Å². The van der Waals surface area contributed by atoms with Crippen LogP contribution in [0.3, 0.4) is 0 Å². The monoisotopic (exact) mass is 302 g/mol. The number of hydrogen-bond acceptors (Lipinski definition) is 8. The number of ether oxygens (including phenoxy) is 3. The smallest absolute Gasteiger partial charge is 0.342 e. The zero-order chi connectivity index (χ0) is 15.7. The van der Waals surface area contributed by atoms with Gasteiger partial charge in [-0.15, -0.1) is 4.98 Å². The molecule has 8 heteroatoms. The molecule has 1 N–H and O–H groups in total. The normalized spacial score (nSPS) is 16.0. The molecule has 1 aromatic heterocycles. The van der Waals surface area contributed by atoms with Gasteiger partial charge in [0, 0.05) is 12.6 Å². The summed E-state index contributed by atoms with van der Waals surface area (Å²) in [5.41, 5.74) is 1.16. The lowest BCUT2D eigenvalue weighted by Crippen LogP contribution is -2.05. The van der Waals surface area contributed by atoms with Crippen LogP contribution in [0.15, 0.2) is 18.2 Å². The Bertz CT molecular complexity index is 713. The Balaban J connectivity index is 2.00. The van der Waals surface area contributed by atoms with Gasteiger partial charge in [-0.3, -0.25) is 0 Å². The lowest BCUT2D eigenvalue weighted by molar-refractivity contribution is 0.0420. The maximum atomic E-state index is 11.9. The number of aromatic nitrogens is 3. The van der Waals surface area contributed by atoms with Gasteiger partial charge >= 0.3 is 18.0 Å². The summed E-state index contributed by atoms with van der Waals surface area (Å²) in [6.07, 6.45) is -0.299. The minimum atomic E-state index is -0.423. The van der Waals surface area contributed by atoms with Gasteiger partial charge in [0.15, 0.2) is 0 Å². The summed E-state index contributed by atoms with van der Waals surface area (Å²) in [4.78, 5) is 24.0. The molecule has 1 atom stereocenters. The van der Waals surface area contributed by atoms with Crippen molar-refractivity contribution in [2.45, 2.75) is 13.0 Å². The molecule has 1 aliphatic rings. The van der Waals surface area contributed by atoms with Crippen LogP contribution in [-0.4, -0.2) is 35.1 Å². The minimum absolute atomic E-state index is 0.0250. The summed E-state index contributed by atoms with van der Waals surface area (Å²) < 4.78 is 15.8. The number of rotatable bonds is 4. The predicted octanol–water partition coefficient (Wildman–Crippen LogP) is 1.95. The second kappa shape index (κ2) is 5.47. The number of fused-ring (bicyclic) bond motifs is 1. The fourth-order valence-electron chi connectivity index (χ4n) is 2.16.